The number of hydrogen-bond acceptors (Lipinski definition) is 0. The highest BCUT2D eigenvalue weighted by Crippen LogP contribution is 2.58. The van der Waals surface area contributed by atoms with E-state index in [1.54, 1.807) is 0 Å². The second-order valence-corrected chi connectivity index (χ2v) is 9.43. The van der Waals surface area contributed by atoms with Gasteiger partial charge in [-0.05, 0) is 23.4 Å². The molecule has 0 heterocycles. The van der Waals surface area contributed by atoms with Crippen LogP contribution in [0.15, 0.2) is 12.2 Å². The lowest BCUT2D eigenvalue weighted by atomic mass is 10.2. The van der Waals surface area contributed by atoms with Crippen molar-refractivity contribution in [3.05, 3.63) is 12.2 Å². The van der Waals surface area contributed by atoms with Gasteiger partial charge in [0.25, 0.3) is 0 Å². The Morgan fingerprint density at radius 2 is 1.31 bits per heavy atom. The van der Waals surface area contributed by atoms with Crippen molar-refractivity contribution in [2.45, 2.75) is 58.8 Å². The third kappa shape index (κ3) is 4.81. The second kappa shape index (κ2) is 4.60. The molecule has 0 amide bonds. The summed E-state index contributed by atoms with van der Waals surface area (Å²) in [7, 11) is 0.0646. The summed E-state index contributed by atoms with van der Waals surface area (Å²) in [5, 5.41) is 0.931. The lowest BCUT2D eigenvalue weighted by molar-refractivity contribution is 0.707. The van der Waals surface area contributed by atoms with Crippen LogP contribution in [0.25, 0.3) is 0 Å². The minimum Gasteiger partial charge on any atom is -0.0918 e. The summed E-state index contributed by atoms with van der Waals surface area (Å²) in [6, 6.07) is 0. The van der Waals surface area contributed by atoms with Crippen LogP contribution in [0.4, 0.5) is 0 Å². The van der Waals surface area contributed by atoms with Crippen molar-refractivity contribution in [3.8, 4) is 0 Å². The first-order valence-corrected chi connectivity index (χ1v) is 6.61. The second-order valence-electron chi connectivity index (χ2n) is 5.52. The third-order valence-corrected chi connectivity index (χ3v) is 5.96. The lowest BCUT2D eigenvalue weighted by Gasteiger charge is -2.41. The lowest BCUT2D eigenvalue weighted by Crippen LogP contribution is -2.26. The van der Waals surface area contributed by atoms with Gasteiger partial charge in [-0.1, -0.05) is 61.6 Å². The summed E-state index contributed by atoms with van der Waals surface area (Å²) in [6.07, 6.45) is 5.76. The molecule has 0 unspecified atom stereocenters. The molecule has 0 saturated heterocycles. The minimum atomic E-state index is 0.0646. The van der Waals surface area contributed by atoms with Crippen LogP contribution >= 0.6 is 7.92 Å². The van der Waals surface area contributed by atoms with Crippen LogP contribution < -0.4 is 0 Å². The highest BCUT2D eigenvalue weighted by molar-refractivity contribution is 7.61. The van der Waals surface area contributed by atoms with Crippen LogP contribution in [0.3, 0.4) is 0 Å². The van der Waals surface area contributed by atoms with Crippen molar-refractivity contribution < 1.29 is 0 Å². The molecule has 0 aliphatic carbocycles. The van der Waals surface area contributed by atoms with Gasteiger partial charge in [-0.3, -0.25) is 0 Å². The van der Waals surface area contributed by atoms with Gasteiger partial charge in [0.2, 0.25) is 0 Å². The predicted molar refractivity (Wildman–Crippen MR) is 66.1 cm³/mol. The van der Waals surface area contributed by atoms with Crippen molar-refractivity contribution in [3.63, 3.8) is 0 Å². The van der Waals surface area contributed by atoms with Crippen molar-refractivity contribution in [2.24, 2.45) is 0 Å². The van der Waals surface area contributed by atoms with E-state index in [1.807, 2.05) is 0 Å². The Morgan fingerprint density at radius 3 is 1.54 bits per heavy atom. The van der Waals surface area contributed by atoms with E-state index in [0.29, 0.717) is 10.3 Å². The van der Waals surface area contributed by atoms with E-state index in [1.165, 1.54) is 6.16 Å². The summed E-state index contributed by atoms with van der Waals surface area (Å²) >= 11 is 0. The maximum atomic E-state index is 2.37. The van der Waals surface area contributed by atoms with Gasteiger partial charge in [-0.25, -0.2) is 0 Å². The highest BCUT2D eigenvalue weighted by Gasteiger charge is 2.32. The molecule has 0 atom stereocenters. The average molecular weight is 200 g/mol. The van der Waals surface area contributed by atoms with Crippen molar-refractivity contribution >= 4 is 7.92 Å². The van der Waals surface area contributed by atoms with E-state index in [0.717, 1.165) is 0 Å². The van der Waals surface area contributed by atoms with Gasteiger partial charge in [0.1, 0.15) is 0 Å². The van der Waals surface area contributed by atoms with Crippen molar-refractivity contribution in [1.29, 1.82) is 0 Å². The van der Waals surface area contributed by atoms with Gasteiger partial charge >= 0.3 is 0 Å². The zero-order chi connectivity index (χ0) is 10.7. The molecular weight excluding hydrogens is 175 g/mol. The Hall–Kier alpha value is 0.170. The van der Waals surface area contributed by atoms with Crippen molar-refractivity contribution in [1.82, 2.24) is 0 Å². The molecule has 0 radical (unpaired) electrons. The van der Waals surface area contributed by atoms with Crippen LogP contribution in [0, 0.1) is 0 Å². The number of allylic oxidation sites excluding steroid dienone is 2. The molecule has 78 valence electrons. The normalized spacial score (nSPS) is 14.5. The van der Waals surface area contributed by atoms with Crippen LogP contribution in [0.1, 0.15) is 48.5 Å². The molecule has 0 saturated carbocycles. The molecule has 0 aromatic heterocycles. The fourth-order valence-electron chi connectivity index (χ4n) is 1.76. The smallest absolute Gasteiger partial charge is 0.0135 e. The molecule has 0 fully saturated rings. The summed E-state index contributed by atoms with van der Waals surface area (Å²) in [6.45, 7) is 16.3. The first-order chi connectivity index (χ1) is 5.69. The molecular formula is C12H25P. The molecule has 0 nitrogen and oxygen atoms in total. The largest absolute Gasteiger partial charge is 0.0918 e. The van der Waals surface area contributed by atoms with Gasteiger partial charge in [0.15, 0.2) is 0 Å². The zero-order valence-corrected chi connectivity index (χ0v) is 11.2. The monoisotopic (exact) mass is 200 g/mol. The van der Waals surface area contributed by atoms with Gasteiger partial charge in [0.05, 0.1) is 0 Å². The topological polar surface area (TPSA) is 0 Å². The first kappa shape index (κ1) is 13.2. The van der Waals surface area contributed by atoms with E-state index < -0.39 is 0 Å². The van der Waals surface area contributed by atoms with E-state index in [9.17, 15) is 0 Å². The first-order valence-electron chi connectivity index (χ1n) is 5.08. The minimum absolute atomic E-state index is 0.0646. The van der Waals surface area contributed by atoms with Crippen LogP contribution in [0.5, 0.6) is 0 Å². The molecule has 0 aliphatic heterocycles. The maximum Gasteiger partial charge on any atom is -0.0135 e. The quantitative estimate of drug-likeness (QED) is 0.450. The van der Waals surface area contributed by atoms with E-state index >= 15 is 0 Å². The fourth-order valence-corrected chi connectivity index (χ4v) is 5.29. The van der Waals surface area contributed by atoms with Crippen LogP contribution in [0.2, 0.25) is 0 Å². The Kier molecular flexibility index (Phi) is 4.66. The average Bonchev–Trinajstić information content (AvgIpc) is 1.81. The molecule has 13 heavy (non-hydrogen) atoms. The Bertz CT molecular complexity index is 153. The third-order valence-electron chi connectivity index (χ3n) is 2.14. The van der Waals surface area contributed by atoms with E-state index in [-0.39, 0.29) is 7.92 Å². The molecule has 0 N–H and O–H groups in total. The standard InChI is InChI=1S/C12H25P/c1-8-9-10-13(11(2,3)4)12(5,6)7/h8-9H,10H2,1-7H3. The van der Waals surface area contributed by atoms with E-state index in [2.05, 4.69) is 60.6 Å². The Labute approximate surface area is 85.6 Å². The molecule has 0 rings (SSSR count). The summed E-state index contributed by atoms with van der Waals surface area (Å²) < 4.78 is 0. The molecule has 1 heteroatoms. The van der Waals surface area contributed by atoms with Crippen molar-refractivity contribution in [2.75, 3.05) is 6.16 Å². The van der Waals surface area contributed by atoms with Gasteiger partial charge < -0.3 is 0 Å². The van der Waals surface area contributed by atoms with Crippen LogP contribution in [-0.4, -0.2) is 16.5 Å². The van der Waals surface area contributed by atoms with Gasteiger partial charge in [0, 0.05) is 0 Å². The predicted octanol–water partition coefficient (Wildman–Crippen LogP) is 4.64. The molecule has 0 aromatic rings. The van der Waals surface area contributed by atoms with Gasteiger partial charge in [-0.2, -0.15) is 0 Å². The zero-order valence-electron chi connectivity index (χ0n) is 10.3. The molecule has 0 aliphatic rings. The molecule has 0 aromatic carbocycles. The molecule has 0 spiro atoms. The van der Waals surface area contributed by atoms with Crippen LogP contribution in [-0.2, 0) is 0 Å². The Balaban J connectivity index is 4.57. The molecule has 0 bridgehead atoms. The number of hydrogen-bond donors (Lipinski definition) is 0. The SMILES string of the molecule is CC=CCP(C(C)(C)C)C(C)(C)C. The maximum absolute atomic E-state index is 2.37. The highest BCUT2D eigenvalue weighted by atomic mass is 31.1. The Morgan fingerprint density at radius 1 is 0.923 bits per heavy atom. The van der Waals surface area contributed by atoms with E-state index in [4.69, 9.17) is 0 Å². The van der Waals surface area contributed by atoms with Gasteiger partial charge in [-0.15, -0.1) is 0 Å². The summed E-state index contributed by atoms with van der Waals surface area (Å²) in [5.74, 6) is 0. The summed E-state index contributed by atoms with van der Waals surface area (Å²) in [4.78, 5) is 0. The summed E-state index contributed by atoms with van der Waals surface area (Å²) in [5.41, 5.74) is 0. The fraction of sp³-hybridized carbons (Fsp3) is 0.833. The number of rotatable bonds is 2.